The fourth-order valence-electron chi connectivity index (χ4n) is 1.76. The van der Waals surface area contributed by atoms with E-state index >= 15 is 0 Å². The average molecular weight is 305 g/mol. The van der Waals surface area contributed by atoms with Gasteiger partial charge in [-0.2, -0.15) is 0 Å². The molecule has 21 heavy (non-hydrogen) atoms. The summed E-state index contributed by atoms with van der Waals surface area (Å²) in [6.07, 6.45) is 0. The van der Waals surface area contributed by atoms with Crippen molar-refractivity contribution in [1.29, 1.82) is 0 Å². The number of phenolic OH excluding ortho intramolecular Hbond substituents is 1. The smallest absolute Gasteiger partial charge is 0.240 e. The first kappa shape index (κ1) is 15.2. The molecule has 0 heterocycles. The second kappa shape index (κ2) is 6.07. The van der Waals surface area contributed by atoms with Gasteiger partial charge in [0.25, 0.3) is 0 Å². The number of rotatable bonds is 5. The maximum Gasteiger partial charge on any atom is 0.240 e. The Balaban J connectivity index is 2.16. The van der Waals surface area contributed by atoms with Gasteiger partial charge in [0.15, 0.2) is 5.78 Å². The van der Waals surface area contributed by atoms with E-state index in [1.54, 1.807) is 18.2 Å². The number of Topliss-reactive ketones (excluding diaryl/α,β-unsaturated/α-hetero) is 1. The number of carbonyl (C=O) groups is 1. The Hall–Kier alpha value is -2.18. The Kier molecular flexibility index (Phi) is 4.40. The van der Waals surface area contributed by atoms with Gasteiger partial charge in [-0.05, 0) is 36.8 Å². The molecule has 0 unspecified atom stereocenters. The number of ketones is 1. The molecule has 0 saturated heterocycles. The van der Waals surface area contributed by atoms with E-state index in [4.69, 9.17) is 0 Å². The van der Waals surface area contributed by atoms with Crippen molar-refractivity contribution in [2.75, 3.05) is 0 Å². The van der Waals surface area contributed by atoms with Crippen LogP contribution in [-0.2, 0) is 16.6 Å². The van der Waals surface area contributed by atoms with Gasteiger partial charge in [-0.1, -0.05) is 24.3 Å². The van der Waals surface area contributed by atoms with Gasteiger partial charge < -0.3 is 5.11 Å². The van der Waals surface area contributed by atoms with Crippen LogP contribution >= 0.6 is 0 Å². The van der Waals surface area contributed by atoms with Crippen LogP contribution in [0.25, 0.3) is 0 Å². The van der Waals surface area contributed by atoms with E-state index in [9.17, 15) is 18.3 Å². The summed E-state index contributed by atoms with van der Waals surface area (Å²) in [5, 5.41) is 9.17. The van der Waals surface area contributed by atoms with Crippen molar-refractivity contribution < 1.29 is 18.3 Å². The van der Waals surface area contributed by atoms with E-state index < -0.39 is 10.0 Å². The maximum absolute atomic E-state index is 12.2. The molecule has 0 aromatic heterocycles. The molecule has 0 fully saturated rings. The first-order chi connectivity index (χ1) is 9.88. The number of aromatic hydroxyl groups is 1. The van der Waals surface area contributed by atoms with E-state index in [1.165, 1.54) is 37.3 Å². The minimum atomic E-state index is -3.69. The first-order valence-corrected chi connectivity index (χ1v) is 7.75. The SMILES string of the molecule is CC(=O)c1cccc(S(=O)(=O)NCc2ccc(O)cc2)c1. The number of nitrogens with one attached hydrogen (secondary N) is 1. The van der Waals surface area contributed by atoms with Crippen molar-refractivity contribution in [1.82, 2.24) is 4.72 Å². The lowest BCUT2D eigenvalue weighted by atomic mass is 10.2. The van der Waals surface area contributed by atoms with Crippen LogP contribution < -0.4 is 4.72 Å². The Bertz CT molecular complexity index is 751. The summed E-state index contributed by atoms with van der Waals surface area (Å²) in [6.45, 7) is 1.49. The first-order valence-electron chi connectivity index (χ1n) is 6.27. The van der Waals surface area contributed by atoms with Crippen molar-refractivity contribution in [3.8, 4) is 5.75 Å². The van der Waals surface area contributed by atoms with Gasteiger partial charge >= 0.3 is 0 Å². The minimum absolute atomic E-state index is 0.0500. The number of hydrogen-bond donors (Lipinski definition) is 2. The quantitative estimate of drug-likeness (QED) is 0.828. The van der Waals surface area contributed by atoms with E-state index in [0.717, 1.165) is 5.56 Å². The second-order valence-corrected chi connectivity index (χ2v) is 6.34. The van der Waals surface area contributed by atoms with Gasteiger partial charge in [0, 0.05) is 12.1 Å². The highest BCUT2D eigenvalue weighted by Crippen LogP contribution is 2.14. The van der Waals surface area contributed by atoms with Gasteiger partial charge in [-0.15, -0.1) is 0 Å². The molecular formula is C15H15NO4S. The fraction of sp³-hybridized carbons (Fsp3) is 0.133. The Labute approximate surface area is 123 Å². The van der Waals surface area contributed by atoms with Crippen molar-refractivity contribution in [2.45, 2.75) is 18.4 Å². The molecule has 2 aromatic carbocycles. The molecule has 0 radical (unpaired) electrons. The fourth-order valence-corrected chi connectivity index (χ4v) is 2.82. The second-order valence-electron chi connectivity index (χ2n) is 4.58. The van der Waals surface area contributed by atoms with E-state index in [-0.39, 0.29) is 23.0 Å². The van der Waals surface area contributed by atoms with Crippen LogP contribution in [0.3, 0.4) is 0 Å². The van der Waals surface area contributed by atoms with E-state index in [0.29, 0.717) is 5.56 Å². The third-order valence-corrected chi connectivity index (χ3v) is 4.35. The summed E-state index contributed by atoms with van der Waals surface area (Å²) in [6, 6.07) is 12.1. The number of hydrogen-bond acceptors (Lipinski definition) is 4. The van der Waals surface area contributed by atoms with Crippen LogP contribution in [0.15, 0.2) is 53.4 Å². The largest absolute Gasteiger partial charge is 0.508 e. The Morgan fingerprint density at radius 3 is 2.43 bits per heavy atom. The molecule has 2 N–H and O–H groups in total. The van der Waals surface area contributed by atoms with Crippen molar-refractivity contribution in [3.63, 3.8) is 0 Å². The van der Waals surface area contributed by atoms with Crippen LogP contribution in [0.4, 0.5) is 0 Å². The van der Waals surface area contributed by atoms with Gasteiger partial charge in [-0.25, -0.2) is 13.1 Å². The molecule has 6 heteroatoms. The predicted octanol–water partition coefficient (Wildman–Crippen LogP) is 2.07. The normalized spacial score (nSPS) is 11.3. The zero-order chi connectivity index (χ0) is 15.5. The summed E-state index contributed by atoms with van der Waals surface area (Å²) < 4.78 is 26.8. The standard InChI is InChI=1S/C15H15NO4S/c1-11(17)13-3-2-4-15(9-13)21(19,20)16-10-12-5-7-14(18)8-6-12/h2-9,16,18H,10H2,1H3. The van der Waals surface area contributed by atoms with Crippen molar-refractivity contribution >= 4 is 15.8 Å². The van der Waals surface area contributed by atoms with Crippen LogP contribution in [0, 0.1) is 0 Å². The number of carbonyl (C=O) groups excluding carboxylic acids is 1. The molecule has 0 aliphatic heterocycles. The average Bonchev–Trinajstić information content (AvgIpc) is 2.47. The highest BCUT2D eigenvalue weighted by Gasteiger charge is 2.15. The summed E-state index contributed by atoms with van der Waals surface area (Å²) >= 11 is 0. The lowest BCUT2D eigenvalue weighted by molar-refractivity contribution is 0.101. The summed E-state index contributed by atoms with van der Waals surface area (Å²) in [5.41, 5.74) is 1.07. The molecule has 0 aliphatic carbocycles. The molecule has 0 spiro atoms. The predicted molar refractivity (Wildman–Crippen MR) is 78.6 cm³/mol. The highest BCUT2D eigenvalue weighted by molar-refractivity contribution is 7.89. The maximum atomic E-state index is 12.2. The van der Waals surface area contributed by atoms with E-state index in [2.05, 4.69) is 4.72 Å². The summed E-state index contributed by atoms with van der Waals surface area (Å²) in [4.78, 5) is 11.3. The molecule has 0 saturated carbocycles. The Morgan fingerprint density at radius 2 is 1.81 bits per heavy atom. The van der Waals surface area contributed by atoms with Gasteiger partial charge in [0.2, 0.25) is 10.0 Å². The number of phenols is 1. The van der Waals surface area contributed by atoms with Crippen LogP contribution in [-0.4, -0.2) is 19.3 Å². The molecule has 0 amide bonds. The number of benzene rings is 2. The minimum Gasteiger partial charge on any atom is -0.508 e. The van der Waals surface area contributed by atoms with Crippen LogP contribution in [0.1, 0.15) is 22.8 Å². The molecular weight excluding hydrogens is 290 g/mol. The third kappa shape index (κ3) is 3.90. The van der Waals surface area contributed by atoms with Gasteiger partial charge in [0.05, 0.1) is 4.90 Å². The number of sulfonamides is 1. The van der Waals surface area contributed by atoms with Crippen LogP contribution in [0.5, 0.6) is 5.75 Å². The highest BCUT2D eigenvalue weighted by atomic mass is 32.2. The molecule has 2 rings (SSSR count). The van der Waals surface area contributed by atoms with Gasteiger partial charge in [-0.3, -0.25) is 4.79 Å². The molecule has 2 aromatic rings. The lowest BCUT2D eigenvalue weighted by Crippen LogP contribution is -2.23. The molecule has 5 nitrogen and oxygen atoms in total. The molecule has 0 bridgehead atoms. The topological polar surface area (TPSA) is 83.5 Å². The zero-order valence-corrected chi connectivity index (χ0v) is 12.2. The lowest BCUT2D eigenvalue weighted by Gasteiger charge is -2.08. The van der Waals surface area contributed by atoms with Crippen molar-refractivity contribution in [3.05, 3.63) is 59.7 Å². The zero-order valence-electron chi connectivity index (χ0n) is 11.4. The third-order valence-electron chi connectivity index (χ3n) is 2.95. The molecule has 110 valence electrons. The molecule has 0 atom stereocenters. The summed E-state index contributed by atoms with van der Waals surface area (Å²) in [5.74, 6) is -0.0682. The molecule has 0 aliphatic rings. The Morgan fingerprint density at radius 1 is 1.14 bits per heavy atom. The summed E-state index contributed by atoms with van der Waals surface area (Å²) in [7, 11) is -3.69. The van der Waals surface area contributed by atoms with E-state index in [1.807, 2.05) is 0 Å². The van der Waals surface area contributed by atoms with Crippen molar-refractivity contribution in [2.24, 2.45) is 0 Å². The van der Waals surface area contributed by atoms with Gasteiger partial charge in [0.1, 0.15) is 5.75 Å². The van der Waals surface area contributed by atoms with Crippen LogP contribution in [0.2, 0.25) is 0 Å². The monoisotopic (exact) mass is 305 g/mol.